The third kappa shape index (κ3) is 4.15. The van der Waals surface area contributed by atoms with Crippen LogP contribution in [-0.4, -0.2) is 55.5 Å². The van der Waals surface area contributed by atoms with E-state index in [9.17, 15) is 14.7 Å². The molecule has 0 radical (unpaired) electrons. The quantitative estimate of drug-likeness (QED) is 0.479. The van der Waals surface area contributed by atoms with E-state index in [1.807, 2.05) is 19.1 Å². The summed E-state index contributed by atoms with van der Waals surface area (Å²) in [4.78, 5) is 37.0. The number of fused-ring (bicyclic) bond motifs is 2. The van der Waals surface area contributed by atoms with E-state index in [1.165, 1.54) is 0 Å². The van der Waals surface area contributed by atoms with Crippen LogP contribution in [0.3, 0.4) is 0 Å². The van der Waals surface area contributed by atoms with Crippen LogP contribution < -0.4 is 16.1 Å². The molecule has 2 aliphatic rings. The third-order valence-corrected chi connectivity index (χ3v) is 5.18. The molecule has 2 aliphatic heterocycles. The Morgan fingerprint density at radius 1 is 1.17 bits per heavy atom. The molecule has 156 valence electrons. The third-order valence-electron chi connectivity index (χ3n) is 5.18. The van der Waals surface area contributed by atoms with Crippen molar-refractivity contribution < 1.29 is 10.2 Å². The molecular weight excluding hydrogens is 374 g/mol. The maximum atomic E-state index is 12.3. The Morgan fingerprint density at radius 2 is 1.90 bits per heavy atom. The fourth-order valence-corrected chi connectivity index (χ4v) is 3.64. The Labute approximate surface area is 168 Å². The maximum Gasteiger partial charge on any atom is 0.349 e. The molecular formula is C20H27N5O4. The van der Waals surface area contributed by atoms with Crippen molar-refractivity contribution in [2.24, 2.45) is 0 Å². The number of aromatic amines is 1. The first-order valence-corrected chi connectivity index (χ1v) is 9.88. The second kappa shape index (κ2) is 8.71. The predicted octanol–water partition coefficient (Wildman–Crippen LogP) is 0.873. The van der Waals surface area contributed by atoms with Gasteiger partial charge in [-0.15, -0.1) is 0 Å². The normalized spacial score (nSPS) is 12.6. The van der Waals surface area contributed by atoms with E-state index in [1.54, 1.807) is 4.57 Å². The lowest BCUT2D eigenvalue weighted by Crippen LogP contribution is -2.29. The Morgan fingerprint density at radius 3 is 2.55 bits per heavy atom. The zero-order chi connectivity index (χ0) is 21.1. The molecule has 0 aromatic heterocycles. The first-order valence-electron chi connectivity index (χ1n) is 9.88. The van der Waals surface area contributed by atoms with Gasteiger partial charge in [-0.1, -0.05) is 0 Å². The van der Waals surface area contributed by atoms with Gasteiger partial charge in [0, 0.05) is 31.9 Å². The molecule has 0 spiro atoms. The zero-order valence-corrected chi connectivity index (χ0v) is 17.0. The summed E-state index contributed by atoms with van der Waals surface area (Å²) in [6.45, 7) is 8.04. The predicted molar refractivity (Wildman–Crippen MR) is 112 cm³/mol. The minimum absolute atomic E-state index is 0.0868. The number of aliphatic hydroxyl groups is 2. The monoisotopic (exact) mass is 401 g/mol. The van der Waals surface area contributed by atoms with Crippen molar-refractivity contribution in [1.29, 1.82) is 0 Å². The lowest BCUT2D eigenvalue weighted by Gasteiger charge is -2.25. The van der Waals surface area contributed by atoms with Crippen molar-refractivity contribution in [1.82, 2.24) is 19.5 Å². The standard InChI is InChI=1S/C20H27N5O4/c1-4-24(5-2)15-11-16-14(10-12(15)3)21-17-18(22-20(29)23-19(17)28)25(16)8-6-13(27)7-9-26/h10-11,13,26-27H,4-9H2,1-3H3,(H,23,28,29)/t13-/m0/s1. The SMILES string of the molecule is CCN(CC)c1cc2c(cc1C)nc1c(=O)[nH]c(=O)nc-1n2CC[C@H](O)CCO. The number of hydrogen-bond acceptors (Lipinski definition) is 7. The molecule has 0 saturated heterocycles. The van der Waals surface area contributed by atoms with Crippen molar-refractivity contribution >= 4 is 16.7 Å². The maximum absolute atomic E-state index is 12.3. The summed E-state index contributed by atoms with van der Waals surface area (Å²) in [5.74, 6) is 0.191. The van der Waals surface area contributed by atoms with Crippen LogP contribution in [0, 0.1) is 6.92 Å². The van der Waals surface area contributed by atoms with Gasteiger partial charge in [-0.3, -0.25) is 9.78 Å². The van der Waals surface area contributed by atoms with Gasteiger partial charge in [0.15, 0.2) is 11.5 Å². The van der Waals surface area contributed by atoms with E-state index in [0.717, 1.165) is 29.9 Å². The summed E-state index contributed by atoms with van der Waals surface area (Å²) in [6, 6.07) is 3.92. The van der Waals surface area contributed by atoms with Crippen LogP contribution in [0.1, 0.15) is 32.3 Å². The van der Waals surface area contributed by atoms with Crippen molar-refractivity contribution in [3.05, 3.63) is 38.5 Å². The Hall–Kier alpha value is -2.78. The van der Waals surface area contributed by atoms with Crippen molar-refractivity contribution in [3.8, 4) is 11.5 Å². The molecule has 1 aromatic rings. The Kier molecular flexibility index (Phi) is 6.29. The zero-order valence-electron chi connectivity index (χ0n) is 17.0. The molecule has 0 aliphatic carbocycles. The highest BCUT2D eigenvalue weighted by molar-refractivity contribution is 5.84. The topological polar surface area (TPSA) is 124 Å². The van der Waals surface area contributed by atoms with E-state index in [4.69, 9.17) is 5.11 Å². The van der Waals surface area contributed by atoms with Crippen LogP contribution in [0.2, 0.25) is 0 Å². The van der Waals surface area contributed by atoms with Gasteiger partial charge in [0.1, 0.15) is 0 Å². The van der Waals surface area contributed by atoms with Gasteiger partial charge >= 0.3 is 5.69 Å². The lowest BCUT2D eigenvalue weighted by molar-refractivity contribution is 0.121. The fourth-order valence-electron chi connectivity index (χ4n) is 3.64. The van der Waals surface area contributed by atoms with E-state index >= 15 is 0 Å². The molecule has 3 rings (SSSR count). The largest absolute Gasteiger partial charge is 0.396 e. The Bertz CT molecular complexity index is 1090. The molecule has 3 N–H and O–H groups in total. The first kappa shape index (κ1) is 20.9. The lowest BCUT2D eigenvalue weighted by atomic mass is 10.1. The number of benzene rings is 1. The highest BCUT2D eigenvalue weighted by Gasteiger charge is 2.21. The molecule has 0 amide bonds. The number of hydrogen-bond donors (Lipinski definition) is 3. The molecule has 0 unspecified atom stereocenters. The van der Waals surface area contributed by atoms with Crippen molar-refractivity contribution in [2.45, 2.75) is 46.3 Å². The molecule has 1 aromatic carbocycles. The summed E-state index contributed by atoms with van der Waals surface area (Å²) in [5.41, 5.74) is 2.20. The smallest absolute Gasteiger partial charge is 0.349 e. The molecule has 0 bridgehead atoms. The van der Waals surface area contributed by atoms with Gasteiger partial charge in [0.25, 0.3) is 5.56 Å². The van der Waals surface area contributed by atoms with Crippen LogP contribution in [0.25, 0.3) is 22.6 Å². The van der Waals surface area contributed by atoms with Crippen LogP contribution in [0.15, 0.2) is 21.7 Å². The number of aromatic nitrogens is 4. The highest BCUT2D eigenvalue weighted by atomic mass is 16.3. The summed E-state index contributed by atoms with van der Waals surface area (Å²) >= 11 is 0. The number of aliphatic hydroxyl groups excluding tert-OH is 2. The number of nitrogens with one attached hydrogen (secondary N) is 1. The molecule has 9 nitrogen and oxygen atoms in total. The number of rotatable bonds is 8. The van der Waals surface area contributed by atoms with Crippen molar-refractivity contribution in [3.63, 3.8) is 0 Å². The highest BCUT2D eigenvalue weighted by Crippen LogP contribution is 2.29. The second-order valence-electron chi connectivity index (χ2n) is 7.06. The van der Waals surface area contributed by atoms with Crippen molar-refractivity contribution in [2.75, 3.05) is 24.6 Å². The number of aryl methyl sites for hydroxylation is 2. The number of H-pyrrole nitrogens is 1. The summed E-state index contributed by atoms with van der Waals surface area (Å²) in [6.07, 6.45) is -0.102. The van der Waals surface area contributed by atoms with E-state index in [0.29, 0.717) is 18.5 Å². The summed E-state index contributed by atoms with van der Waals surface area (Å²) < 4.78 is 1.77. The van der Waals surface area contributed by atoms with Gasteiger partial charge in [-0.05, 0) is 51.3 Å². The first-order chi connectivity index (χ1) is 13.9. The van der Waals surface area contributed by atoms with Crippen LogP contribution in [0.4, 0.5) is 5.69 Å². The molecule has 9 heteroatoms. The second-order valence-corrected chi connectivity index (χ2v) is 7.06. The van der Waals surface area contributed by atoms with Gasteiger partial charge in [-0.25, -0.2) is 9.78 Å². The van der Waals surface area contributed by atoms with Crippen LogP contribution >= 0.6 is 0 Å². The average Bonchev–Trinajstić information content (AvgIpc) is 2.67. The van der Waals surface area contributed by atoms with E-state index in [-0.39, 0.29) is 24.5 Å². The van der Waals surface area contributed by atoms with Gasteiger partial charge in [0.2, 0.25) is 0 Å². The van der Waals surface area contributed by atoms with Crippen LogP contribution in [-0.2, 0) is 6.54 Å². The van der Waals surface area contributed by atoms with Gasteiger partial charge < -0.3 is 19.7 Å². The van der Waals surface area contributed by atoms with Crippen LogP contribution in [0.5, 0.6) is 0 Å². The minimum Gasteiger partial charge on any atom is -0.396 e. The fraction of sp³-hybridized carbons (Fsp3) is 0.500. The van der Waals surface area contributed by atoms with E-state index < -0.39 is 17.4 Å². The number of nitrogens with zero attached hydrogens (tertiary/aromatic N) is 4. The van der Waals surface area contributed by atoms with Gasteiger partial charge in [0.05, 0.1) is 17.1 Å². The molecule has 0 fully saturated rings. The average molecular weight is 401 g/mol. The molecule has 2 heterocycles. The Balaban J connectivity index is 2.28. The molecule has 1 atom stereocenters. The molecule has 29 heavy (non-hydrogen) atoms. The summed E-state index contributed by atoms with van der Waals surface area (Å²) in [5, 5.41) is 19.1. The summed E-state index contributed by atoms with van der Waals surface area (Å²) in [7, 11) is 0. The number of anilines is 1. The molecule has 0 saturated carbocycles. The van der Waals surface area contributed by atoms with Gasteiger partial charge in [-0.2, -0.15) is 4.98 Å². The van der Waals surface area contributed by atoms with E-state index in [2.05, 4.69) is 33.7 Å². The minimum atomic E-state index is -0.732.